The number of anilines is 1. The second kappa shape index (κ2) is 8.39. The fourth-order valence-corrected chi connectivity index (χ4v) is 2.76. The Morgan fingerprint density at radius 2 is 2.00 bits per heavy atom. The molecule has 0 spiro atoms. The molecule has 1 heterocycles. The van der Waals surface area contributed by atoms with Crippen molar-refractivity contribution in [3.8, 4) is 5.75 Å². The van der Waals surface area contributed by atoms with Gasteiger partial charge in [-0.25, -0.2) is 9.48 Å². The van der Waals surface area contributed by atoms with Gasteiger partial charge in [-0.2, -0.15) is 0 Å². The smallest absolute Gasteiger partial charge is 0.343 e. The van der Waals surface area contributed by atoms with Gasteiger partial charge in [0.1, 0.15) is 11.3 Å². The second-order valence-electron chi connectivity index (χ2n) is 4.76. The van der Waals surface area contributed by atoms with Crippen LogP contribution in [0.15, 0.2) is 35.4 Å². The van der Waals surface area contributed by atoms with Crippen molar-refractivity contribution in [2.75, 3.05) is 25.2 Å². The molecule has 2 aromatic rings. The maximum absolute atomic E-state index is 12.1. The molecule has 8 heteroatoms. The fourth-order valence-electron chi connectivity index (χ4n) is 1.92. The van der Waals surface area contributed by atoms with Gasteiger partial charge in [0.25, 0.3) is 0 Å². The van der Waals surface area contributed by atoms with Crippen LogP contribution in [0.2, 0.25) is 0 Å². The quantitative estimate of drug-likeness (QED) is 0.606. The van der Waals surface area contributed by atoms with Crippen LogP contribution in [0.4, 0.5) is 5.82 Å². The molecule has 128 valence electrons. The van der Waals surface area contributed by atoms with Crippen molar-refractivity contribution in [3.05, 3.63) is 36.0 Å². The van der Waals surface area contributed by atoms with Gasteiger partial charge in [0.15, 0.2) is 5.82 Å². The van der Waals surface area contributed by atoms with Crippen molar-refractivity contribution >= 4 is 29.5 Å². The van der Waals surface area contributed by atoms with Gasteiger partial charge in [0, 0.05) is 17.1 Å². The van der Waals surface area contributed by atoms with Crippen LogP contribution in [0, 0.1) is 0 Å². The summed E-state index contributed by atoms with van der Waals surface area (Å²) in [4.78, 5) is 24.9. The molecule has 1 aromatic carbocycles. The first-order chi connectivity index (χ1) is 11.5. The van der Waals surface area contributed by atoms with E-state index < -0.39 is 5.97 Å². The standard InChI is InChI=1S/C16H19N3O4S/c1-3-23-16(21)13-10-19(18-15(13)17)14(20)8-9-24-12-6-4-11(22-2)5-7-12/h4-7,10H,3,8-9H2,1-2H3,(H2,17,18). The highest BCUT2D eigenvalue weighted by atomic mass is 32.2. The third kappa shape index (κ3) is 4.51. The summed E-state index contributed by atoms with van der Waals surface area (Å²) in [6.07, 6.45) is 1.58. The highest BCUT2D eigenvalue weighted by Gasteiger charge is 2.18. The molecule has 7 nitrogen and oxygen atoms in total. The Labute approximate surface area is 144 Å². The Kier molecular flexibility index (Phi) is 6.25. The number of nitrogens with two attached hydrogens (primary N) is 1. The molecule has 0 fully saturated rings. The van der Waals surface area contributed by atoms with Crippen LogP contribution in [0.1, 0.15) is 28.5 Å². The van der Waals surface area contributed by atoms with Crippen LogP contribution >= 0.6 is 11.8 Å². The fraction of sp³-hybridized carbons (Fsp3) is 0.312. The first kappa shape index (κ1) is 17.9. The van der Waals surface area contributed by atoms with Crippen molar-refractivity contribution in [1.82, 2.24) is 9.78 Å². The third-order valence-electron chi connectivity index (χ3n) is 3.14. The van der Waals surface area contributed by atoms with E-state index in [9.17, 15) is 9.59 Å². The number of aromatic nitrogens is 2. The van der Waals surface area contributed by atoms with Gasteiger partial charge in [-0.3, -0.25) is 4.79 Å². The number of hydrogen-bond donors (Lipinski definition) is 1. The summed E-state index contributed by atoms with van der Waals surface area (Å²) in [6.45, 7) is 1.93. The molecule has 2 N–H and O–H groups in total. The van der Waals surface area contributed by atoms with E-state index in [-0.39, 0.29) is 30.3 Å². The highest BCUT2D eigenvalue weighted by Crippen LogP contribution is 2.22. The average Bonchev–Trinajstić information content (AvgIpc) is 2.97. The number of rotatable bonds is 7. The summed E-state index contributed by atoms with van der Waals surface area (Å²) >= 11 is 1.55. The summed E-state index contributed by atoms with van der Waals surface area (Å²) < 4.78 is 11.1. The Balaban J connectivity index is 1.90. The molecule has 24 heavy (non-hydrogen) atoms. The summed E-state index contributed by atoms with van der Waals surface area (Å²) in [5.41, 5.74) is 5.76. The first-order valence-corrected chi connectivity index (χ1v) is 8.36. The predicted octanol–water partition coefficient (Wildman–Crippen LogP) is 2.47. The molecule has 0 aliphatic carbocycles. The number of carbonyl (C=O) groups excluding carboxylic acids is 2. The van der Waals surface area contributed by atoms with E-state index in [2.05, 4.69) is 5.10 Å². The highest BCUT2D eigenvalue weighted by molar-refractivity contribution is 7.99. The van der Waals surface area contributed by atoms with Gasteiger partial charge in [-0.05, 0) is 31.2 Å². The number of nitrogen functional groups attached to an aromatic ring is 1. The van der Waals surface area contributed by atoms with E-state index in [1.54, 1.807) is 25.8 Å². The van der Waals surface area contributed by atoms with Crippen molar-refractivity contribution in [2.24, 2.45) is 0 Å². The number of thioether (sulfide) groups is 1. The molecule has 0 atom stereocenters. The Morgan fingerprint density at radius 3 is 2.62 bits per heavy atom. The number of benzene rings is 1. The van der Waals surface area contributed by atoms with Gasteiger partial charge in [-0.1, -0.05) is 0 Å². The summed E-state index contributed by atoms with van der Waals surface area (Å²) in [5.74, 6) is 0.540. The van der Waals surface area contributed by atoms with Crippen LogP contribution in [-0.4, -0.2) is 41.1 Å². The minimum absolute atomic E-state index is 0.00962. The van der Waals surface area contributed by atoms with E-state index in [4.69, 9.17) is 15.2 Å². The summed E-state index contributed by atoms with van der Waals surface area (Å²) in [7, 11) is 1.61. The number of esters is 1. The Morgan fingerprint density at radius 1 is 1.29 bits per heavy atom. The lowest BCUT2D eigenvalue weighted by Crippen LogP contribution is -2.12. The van der Waals surface area contributed by atoms with Crippen molar-refractivity contribution in [1.29, 1.82) is 0 Å². The zero-order valence-corrected chi connectivity index (χ0v) is 14.3. The van der Waals surface area contributed by atoms with Crippen LogP contribution in [-0.2, 0) is 4.74 Å². The van der Waals surface area contributed by atoms with Gasteiger partial charge < -0.3 is 15.2 Å². The SMILES string of the molecule is CCOC(=O)c1cn(C(=O)CCSc2ccc(OC)cc2)nc1N. The first-order valence-electron chi connectivity index (χ1n) is 7.37. The number of nitrogens with zero attached hydrogens (tertiary/aromatic N) is 2. The zero-order chi connectivity index (χ0) is 17.5. The van der Waals surface area contributed by atoms with Gasteiger partial charge in [-0.15, -0.1) is 16.9 Å². The lowest BCUT2D eigenvalue weighted by molar-refractivity contribution is 0.0527. The molecule has 0 amide bonds. The molecule has 0 saturated heterocycles. The Hall–Kier alpha value is -2.48. The Bertz CT molecular complexity index is 713. The molecule has 0 bridgehead atoms. The van der Waals surface area contributed by atoms with Crippen LogP contribution in [0.25, 0.3) is 0 Å². The van der Waals surface area contributed by atoms with E-state index in [0.29, 0.717) is 5.75 Å². The average molecular weight is 349 g/mol. The second-order valence-corrected chi connectivity index (χ2v) is 5.93. The number of carbonyl (C=O) groups is 2. The zero-order valence-electron chi connectivity index (χ0n) is 13.5. The largest absolute Gasteiger partial charge is 0.497 e. The van der Waals surface area contributed by atoms with E-state index in [0.717, 1.165) is 15.3 Å². The molecule has 1 aromatic heterocycles. The molecule has 0 aliphatic heterocycles. The minimum Gasteiger partial charge on any atom is -0.497 e. The predicted molar refractivity (Wildman–Crippen MR) is 91.6 cm³/mol. The monoisotopic (exact) mass is 349 g/mol. The summed E-state index contributed by atoms with van der Waals surface area (Å²) in [5, 5.41) is 3.88. The van der Waals surface area contributed by atoms with Gasteiger partial charge in [0.2, 0.25) is 5.91 Å². The van der Waals surface area contributed by atoms with Gasteiger partial charge in [0.05, 0.1) is 19.9 Å². The lowest BCUT2D eigenvalue weighted by Gasteiger charge is -2.03. The van der Waals surface area contributed by atoms with Gasteiger partial charge >= 0.3 is 5.97 Å². The molecular formula is C16H19N3O4S. The number of methoxy groups -OCH3 is 1. The maximum atomic E-state index is 12.1. The molecule has 0 unspecified atom stereocenters. The van der Waals surface area contributed by atoms with E-state index >= 15 is 0 Å². The van der Waals surface area contributed by atoms with Crippen LogP contribution < -0.4 is 10.5 Å². The number of ether oxygens (including phenoxy) is 2. The van der Waals surface area contributed by atoms with Crippen molar-refractivity contribution in [3.63, 3.8) is 0 Å². The summed E-state index contributed by atoms with van der Waals surface area (Å²) in [6, 6.07) is 7.59. The van der Waals surface area contributed by atoms with E-state index in [1.165, 1.54) is 6.20 Å². The molecule has 0 radical (unpaired) electrons. The third-order valence-corrected chi connectivity index (χ3v) is 4.15. The maximum Gasteiger partial charge on any atom is 0.343 e. The molecule has 2 rings (SSSR count). The lowest BCUT2D eigenvalue weighted by atomic mass is 10.3. The molecular weight excluding hydrogens is 330 g/mol. The molecule has 0 saturated carbocycles. The van der Waals surface area contributed by atoms with Crippen LogP contribution in [0.5, 0.6) is 5.75 Å². The van der Waals surface area contributed by atoms with Crippen molar-refractivity contribution < 1.29 is 19.1 Å². The van der Waals surface area contributed by atoms with Crippen molar-refractivity contribution in [2.45, 2.75) is 18.2 Å². The number of hydrogen-bond acceptors (Lipinski definition) is 7. The normalized spacial score (nSPS) is 10.4. The minimum atomic E-state index is -0.582. The van der Waals surface area contributed by atoms with E-state index in [1.807, 2.05) is 24.3 Å². The topological polar surface area (TPSA) is 96.4 Å². The van der Waals surface area contributed by atoms with Crippen LogP contribution in [0.3, 0.4) is 0 Å². The molecule has 0 aliphatic rings.